The summed E-state index contributed by atoms with van der Waals surface area (Å²) in [5.74, 6) is 1.62. The monoisotopic (exact) mass is 379 g/mol. The molecule has 2 aromatic rings. The Morgan fingerprint density at radius 3 is 2.19 bits per heavy atom. The molecule has 0 spiro atoms. The molecule has 0 saturated carbocycles. The quantitative estimate of drug-likeness (QED) is 0.736. The molecule has 0 bridgehead atoms. The van der Waals surface area contributed by atoms with Crippen molar-refractivity contribution in [2.24, 2.45) is 0 Å². The molecule has 26 heavy (non-hydrogen) atoms. The van der Waals surface area contributed by atoms with E-state index in [4.69, 9.17) is 30.5 Å². The van der Waals surface area contributed by atoms with E-state index in [-0.39, 0.29) is 5.91 Å². The Bertz CT molecular complexity index is 757. The van der Waals surface area contributed by atoms with Crippen LogP contribution >= 0.6 is 11.6 Å². The molecule has 0 aromatic heterocycles. The molecule has 7 heteroatoms. The summed E-state index contributed by atoms with van der Waals surface area (Å²) in [6.45, 7) is 2.50. The number of carbonyl (C=O) groups is 1. The Balaban J connectivity index is 2.28. The van der Waals surface area contributed by atoms with Gasteiger partial charge in [0.2, 0.25) is 0 Å². The van der Waals surface area contributed by atoms with Gasteiger partial charge in [-0.2, -0.15) is 0 Å². The summed E-state index contributed by atoms with van der Waals surface area (Å²) in [5.41, 5.74) is 0.880. The van der Waals surface area contributed by atoms with Crippen LogP contribution in [0.2, 0.25) is 5.02 Å². The summed E-state index contributed by atoms with van der Waals surface area (Å²) < 4.78 is 21.3. The molecule has 140 valence electrons. The van der Waals surface area contributed by atoms with Gasteiger partial charge in [0.05, 0.1) is 33.0 Å². The van der Waals surface area contributed by atoms with E-state index < -0.39 is 0 Å². The maximum absolute atomic E-state index is 12.6. The molecule has 0 aliphatic rings. The zero-order chi connectivity index (χ0) is 19.1. The number of hydrogen-bond donors (Lipinski definition) is 1. The molecule has 0 saturated heterocycles. The largest absolute Gasteiger partial charge is 0.497 e. The van der Waals surface area contributed by atoms with E-state index in [0.29, 0.717) is 45.9 Å². The normalized spacial score (nSPS) is 10.2. The fourth-order valence-corrected chi connectivity index (χ4v) is 2.54. The predicted molar refractivity (Wildman–Crippen MR) is 101 cm³/mol. The minimum atomic E-state index is -0.345. The number of halogens is 1. The molecular weight excluding hydrogens is 358 g/mol. The number of hydrogen-bond acceptors (Lipinski definition) is 5. The Hall–Kier alpha value is -2.60. The van der Waals surface area contributed by atoms with Gasteiger partial charge in [-0.3, -0.25) is 4.79 Å². The van der Waals surface area contributed by atoms with Crippen molar-refractivity contribution in [2.75, 3.05) is 33.3 Å². The van der Waals surface area contributed by atoms with Crippen LogP contribution in [0.15, 0.2) is 30.3 Å². The fraction of sp³-hybridized carbons (Fsp3) is 0.316. The van der Waals surface area contributed by atoms with Crippen molar-refractivity contribution in [3.63, 3.8) is 0 Å². The van der Waals surface area contributed by atoms with E-state index in [0.717, 1.165) is 6.42 Å². The second-order valence-corrected chi connectivity index (χ2v) is 5.80. The summed E-state index contributed by atoms with van der Waals surface area (Å²) in [7, 11) is 4.58. The van der Waals surface area contributed by atoms with Gasteiger partial charge >= 0.3 is 0 Å². The summed E-state index contributed by atoms with van der Waals surface area (Å²) >= 11 is 6.27. The number of amides is 1. The van der Waals surface area contributed by atoms with E-state index in [1.54, 1.807) is 44.6 Å². The average molecular weight is 380 g/mol. The third-order valence-electron chi connectivity index (χ3n) is 3.55. The van der Waals surface area contributed by atoms with Crippen molar-refractivity contribution in [1.82, 2.24) is 0 Å². The molecule has 1 N–H and O–H groups in total. The number of rotatable bonds is 8. The van der Waals surface area contributed by atoms with Crippen LogP contribution < -0.4 is 24.3 Å². The first-order valence-corrected chi connectivity index (χ1v) is 8.44. The van der Waals surface area contributed by atoms with Crippen LogP contribution in [-0.2, 0) is 0 Å². The highest BCUT2D eigenvalue weighted by Gasteiger charge is 2.16. The Kier molecular flexibility index (Phi) is 6.97. The standard InChI is InChI=1S/C19H22ClNO5/c1-5-6-26-18-16(20)7-12(8-17(18)25-4)19(22)21-13-9-14(23-2)11-15(10-13)24-3/h7-11H,5-6H2,1-4H3,(H,21,22). The number of nitrogens with one attached hydrogen (secondary N) is 1. The van der Waals surface area contributed by atoms with Gasteiger partial charge < -0.3 is 24.3 Å². The lowest BCUT2D eigenvalue weighted by Crippen LogP contribution is -2.12. The summed E-state index contributed by atoms with van der Waals surface area (Å²) in [5, 5.41) is 3.11. The molecule has 0 fully saturated rings. The lowest BCUT2D eigenvalue weighted by molar-refractivity contribution is 0.102. The highest BCUT2D eigenvalue weighted by atomic mass is 35.5. The zero-order valence-corrected chi connectivity index (χ0v) is 16.0. The molecule has 1 amide bonds. The van der Waals surface area contributed by atoms with Gasteiger partial charge in [-0.1, -0.05) is 18.5 Å². The van der Waals surface area contributed by atoms with Gasteiger partial charge in [-0.25, -0.2) is 0 Å². The van der Waals surface area contributed by atoms with E-state index in [2.05, 4.69) is 5.32 Å². The molecule has 0 unspecified atom stereocenters. The second kappa shape index (κ2) is 9.20. The SMILES string of the molecule is CCCOc1c(Cl)cc(C(=O)Nc2cc(OC)cc(OC)c2)cc1OC. The second-order valence-electron chi connectivity index (χ2n) is 5.39. The van der Waals surface area contributed by atoms with Gasteiger partial charge in [0.25, 0.3) is 5.91 Å². The van der Waals surface area contributed by atoms with Gasteiger partial charge in [-0.05, 0) is 18.6 Å². The zero-order valence-electron chi connectivity index (χ0n) is 15.2. The van der Waals surface area contributed by atoms with E-state index in [1.807, 2.05) is 6.92 Å². The number of methoxy groups -OCH3 is 3. The Morgan fingerprint density at radius 1 is 1.00 bits per heavy atom. The van der Waals surface area contributed by atoms with Crippen molar-refractivity contribution in [3.05, 3.63) is 40.9 Å². The van der Waals surface area contributed by atoms with Crippen LogP contribution in [0.5, 0.6) is 23.0 Å². The maximum atomic E-state index is 12.6. The lowest BCUT2D eigenvalue weighted by atomic mass is 10.1. The lowest BCUT2D eigenvalue weighted by Gasteiger charge is -2.14. The molecule has 0 aliphatic heterocycles. The maximum Gasteiger partial charge on any atom is 0.255 e. The predicted octanol–water partition coefficient (Wildman–Crippen LogP) is 4.41. The Labute approximate surface area is 158 Å². The molecule has 6 nitrogen and oxygen atoms in total. The molecule has 2 rings (SSSR count). The van der Waals surface area contributed by atoms with Gasteiger partial charge in [0, 0.05) is 29.4 Å². The highest BCUT2D eigenvalue weighted by molar-refractivity contribution is 6.32. The number of carbonyl (C=O) groups excluding carboxylic acids is 1. The first-order chi connectivity index (χ1) is 12.5. The third-order valence-corrected chi connectivity index (χ3v) is 3.83. The fourth-order valence-electron chi connectivity index (χ4n) is 2.28. The van der Waals surface area contributed by atoms with E-state index in [9.17, 15) is 4.79 Å². The average Bonchev–Trinajstić information content (AvgIpc) is 2.65. The van der Waals surface area contributed by atoms with Crippen molar-refractivity contribution in [3.8, 4) is 23.0 Å². The topological polar surface area (TPSA) is 66.0 Å². The van der Waals surface area contributed by atoms with Crippen molar-refractivity contribution < 1.29 is 23.7 Å². The van der Waals surface area contributed by atoms with Crippen LogP contribution in [0.1, 0.15) is 23.7 Å². The number of ether oxygens (including phenoxy) is 4. The van der Waals surface area contributed by atoms with Crippen LogP contribution in [0, 0.1) is 0 Å². The van der Waals surface area contributed by atoms with Crippen LogP contribution in [-0.4, -0.2) is 33.8 Å². The van der Waals surface area contributed by atoms with Gasteiger partial charge in [0.15, 0.2) is 11.5 Å². The summed E-state index contributed by atoms with van der Waals surface area (Å²) in [4.78, 5) is 12.6. The van der Waals surface area contributed by atoms with Crippen molar-refractivity contribution in [2.45, 2.75) is 13.3 Å². The van der Waals surface area contributed by atoms with Crippen LogP contribution in [0.3, 0.4) is 0 Å². The Morgan fingerprint density at radius 2 is 1.65 bits per heavy atom. The first-order valence-electron chi connectivity index (χ1n) is 8.07. The first kappa shape index (κ1) is 19.7. The van der Waals surface area contributed by atoms with Crippen LogP contribution in [0.25, 0.3) is 0 Å². The highest BCUT2D eigenvalue weighted by Crippen LogP contribution is 2.37. The van der Waals surface area contributed by atoms with E-state index >= 15 is 0 Å². The third kappa shape index (κ3) is 4.73. The minimum absolute atomic E-state index is 0.311. The molecular formula is C19H22ClNO5. The molecule has 2 aromatic carbocycles. The van der Waals surface area contributed by atoms with Gasteiger partial charge in [-0.15, -0.1) is 0 Å². The molecule has 0 radical (unpaired) electrons. The van der Waals surface area contributed by atoms with E-state index in [1.165, 1.54) is 7.11 Å². The van der Waals surface area contributed by atoms with Crippen molar-refractivity contribution in [1.29, 1.82) is 0 Å². The molecule has 0 atom stereocenters. The number of anilines is 1. The smallest absolute Gasteiger partial charge is 0.255 e. The minimum Gasteiger partial charge on any atom is -0.497 e. The molecule has 0 aliphatic carbocycles. The van der Waals surface area contributed by atoms with Crippen LogP contribution in [0.4, 0.5) is 5.69 Å². The summed E-state index contributed by atoms with van der Waals surface area (Å²) in [6.07, 6.45) is 0.833. The summed E-state index contributed by atoms with van der Waals surface area (Å²) in [6, 6.07) is 8.23. The van der Waals surface area contributed by atoms with Gasteiger partial charge in [0.1, 0.15) is 11.5 Å². The molecule has 0 heterocycles. The van der Waals surface area contributed by atoms with Crippen molar-refractivity contribution >= 4 is 23.2 Å². The number of benzene rings is 2.